The molecule has 2 fully saturated rings. The van der Waals surface area contributed by atoms with Crippen LogP contribution in [-0.4, -0.2) is 92.1 Å². The zero-order valence-electron chi connectivity index (χ0n) is 33.8. The minimum Gasteiger partial charge on any atom is -0.453 e. The number of rotatable bonds is 11. The largest absolute Gasteiger partial charge is 0.453 e. The molecule has 57 heavy (non-hydrogen) atoms. The zero-order chi connectivity index (χ0) is 41.1. The van der Waals surface area contributed by atoms with Crippen LogP contribution in [0.3, 0.4) is 0 Å². The van der Waals surface area contributed by atoms with E-state index in [0.717, 1.165) is 35.2 Å². The monoisotopic (exact) mass is 784 g/mol. The van der Waals surface area contributed by atoms with E-state index < -0.39 is 36.3 Å². The predicted octanol–water partition coefficient (Wildman–Crippen LogP) is 7.14. The standard InChI is InChI=1S/C42H53FN8O6/c1-22(2)33(47-41(54)56-7)39(52)50-24(5)9-19-31(50)37-44-21-30(45-37)28-15-11-26(12-16-28)27-13-17-29(18-14-27)35-36(43)49-38(46-35)32-20-10-25(6)51(32)40(53)34(23(3)4)48-42(55)57-8/h11-18,21-25,31-34H,9-10,19-20H2,1-8H3,(H,44,45)(H,46,49)(H,47,54)(H,48,55)/t24-,25-,31-,32-,33-,34-/m0/s1. The third kappa shape index (κ3) is 8.52. The van der Waals surface area contributed by atoms with Gasteiger partial charge in [-0.25, -0.2) is 19.6 Å². The number of nitrogens with zero attached hydrogens (tertiary/aromatic N) is 4. The molecule has 2 saturated heterocycles. The third-order valence-corrected chi connectivity index (χ3v) is 11.2. The van der Waals surface area contributed by atoms with Gasteiger partial charge in [0.05, 0.1) is 32.0 Å². The Hall–Kier alpha value is -5.73. The number of hydrogen-bond donors (Lipinski definition) is 4. The van der Waals surface area contributed by atoms with E-state index >= 15 is 4.39 Å². The number of alkyl carbamates (subject to hydrolysis) is 2. The van der Waals surface area contributed by atoms with Gasteiger partial charge in [-0.2, -0.15) is 4.39 Å². The van der Waals surface area contributed by atoms with Crippen LogP contribution in [-0.2, 0) is 19.1 Å². The molecule has 304 valence electrons. The molecule has 14 nitrogen and oxygen atoms in total. The second-order valence-electron chi connectivity index (χ2n) is 15.7. The summed E-state index contributed by atoms with van der Waals surface area (Å²) in [5.41, 5.74) is 4.28. The van der Waals surface area contributed by atoms with Gasteiger partial charge in [-0.3, -0.25) is 9.59 Å². The van der Waals surface area contributed by atoms with Crippen LogP contribution < -0.4 is 10.6 Å². The SMILES string of the molecule is COC(=O)N[C@H](C(=O)N1[C@@H](C)CC[C@H]1c1nc(-c2ccc(-c3ccc(-c4nc([C@@H]5CC[C@H](C)N5C(=O)[C@@H](NC(=O)OC)C(C)C)[nH]c4F)cc3)cc2)c[nH]1)C(C)C. The molecule has 0 radical (unpaired) electrons. The van der Waals surface area contributed by atoms with Crippen LogP contribution in [0.15, 0.2) is 54.7 Å². The summed E-state index contributed by atoms with van der Waals surface area (Å²) in [5, 5.41) is 5.35. The Morgan fingerprint density at radius 2 is 1.12 bits per heavy atom. The lowest BCUT2D eigenvalue weighted by Gasteiger charge is -2.32. The molecule has 4 amide bonds. The second kappa shape index (κ2) is 17.2. The molecule has 15 heteroatoms. The molecule has 2 aromatic heterocycles. The molecule has 0 aliphatic carbocycles. The second-order valence-corrected chi connectivity index (χ2v) is 15.7. The number of amides is 4. The van der Waals surface area contributed by atoms with Gasteiger partial charge in [0.15, 0.2) is 0 Å². The molecule has 4 N–H and O–H groups in total. The number of aromatic amines is 2. The number of imidazole rings is 2. The van der Waals surface area contributed by atoms with Crippen LogP contribution in [0.5, 0.6) is 0 Å². The minimum absolute atomic E-state index is 0.0213. The van der Waals surface area contributed by atoms with Gasteiger partial charge >= 0.3 is 12.2 Å². The molecule has 4 aromatic rings. The van der Waals surface area contributed by atoms with Crippen molar-refractivity contribution in [2.24, 2.45) is 11.8 Å². The summed E-state index contributed by atoms with van der Waals surface area (Å²) in [6.45, 7) is 11.4. The van der Waals surface area contributed by atoms with Gasteiger partial charge in [-0.15, -0.1) is 0 Å². The summed E-state index contributed by atoms with van der Waals surface area (Å²) in [7, 11) is 2.53. The lowest BCUT2D eigenvalue weighted by molar-refractivity contribution is -0.138. The van der Waals surface area contributed by atoms with Gasteiger partial charge in [0, 0.05) is 29.4 Å². The average Bonchev–Trinajstić information content (AvgIpc) is 4.01. The van der Waals surface area contributed by atoms with Crippen LogP contribution in [0.4, 0.5) is 14.0 Å². The highest BCUT2D eigenvalue weighted by Gasteiger charge is 2.43. The Balaban J connectivity index is 1.15. The first kappa shape index (κ1) is 40.9. The van der Waals surface area contributed by atoms with Gasteiger partial charge in [-0.1, -0.05) is 76.2 Å². The van der Waals surface area contributed by atoms with Crippen LogP contribution in [0.1, 0.15) is 91.0 Å². The first-order valence-electron chi connectivity index (χ1n) is 19.6. The lowest BCUT2D eigenvalue weighted by Crippen LogP contribution is -2.52. The van der Waals surface area contributed by atoms with E-state index in [-0.39, 0.29) is 47.5 Å². The van der Waals surface area contributed by atoms with Crippen LogP contribution in [0.25, 0.3) is 33.6 Å². The van der Waals surface area contributed by atoms with Crippen molar-refractivity contribution in [1.82, 2.24) is 40.4 Å². The number of aromatic nitrogens is 4. The maximum absolute atomic E-state index is 15.5. The zero-order valence-corrected chi connectivity index (χ0v) is 33.8. The number of ether oxygens (including phenoxy) is 2. The quantitative estimate of drug-likeness (QED) is 0.124. The van der Waals surface area contributed by atoms with Gasteiger partial charge in [0.25, 0.3) is 0 Å². The molecule has 4 heterocycles. The predicted molar refractivity (Wildman–Crippen MR) is 212 cm³/mol. The molecular weight excluding hydrogens is 732 g/mol. The summed E-state index contributed by atoms with van der Waals surface area (Å²) < 4.78 is 25.0. The van der Waals surface area contributed by atoms with Crippen molar-refractivity contribution < 1.29 is 33.0 Å². The number of carbonyl (C=O) groups is 4. The maximum atomic E-state index is 15.5. The van der Waals surface area contributed by atoms with Gasteiger partial charge in [-0.05, 0) is 62.5 Å². The summed E-state index contributed by atoms with van der Waals surface area (Å²) >= 11 is 0. The smallest absolute Gasteiger partial charge is 0.407 e. The summed E-state index contributed by atoms with van der Waals surface area (Å²) in [6.07, 6.45) is 3.38. The van der Waals surface area contributed by atoms with E-state index in [1.54, 1.807) is 4.90 Å². The Morgan fingerprint density at radius 1 is 0.684 bits per heavy atom. The van der Waals surface area contributed by atoms with Gasteiger partial charge < -0.3 is 39.9 Å². The molecule has 0 saturated carbocycles. The number of hydrogen-bond acceptors (Lipinski definition) is 8. The fourth-order valence-electron chi connectivity index (χ4n) is 7.99. The third-order valence-electron chi connectivity index (χ3n) is 11.2. The van der Waals surface area contributed by atoms with E-state index in [1.165, 1.54) is 14.2 Å². The first-order chi connectivity index (χ1) is 27.2. The Kier molecular flexibility index (Phi) is 12.3. The molecule has 0 spiro atoms. The topological polar surface area (TPSA) is 175 Å². The molecule has 2 aliphatic heterocycles. The molecule has 2 aliphatic rings. The van der Waals surface area contributed by atoms with E-state index in [0.29, 0.717) is 30.1 Å². The number of nitrogens with one attached hydrogen (secondary N) is 4. The highest BCUT2D eigenvalue weighted by Crippen LogP contribution is 2.39. The number of benzene rings is 2. The Morgan fingerprint density at radius 3 is 1.58 bits per heavy atom. The van der Waals surface area contributed by atoms with E-state index in [9.17, 15) is 19.2 Å². The van der Waals surface area contributed by atoms with Crippen LogP contribution in [0, 0.1) is 17.8 Å². The normalized spacial score (nSPS) is 20.5. The number of H-pyrrole nitrogens is 2. The molecule has 2 aromatic carbocycles. The Bertz CT molecular complexity index is 2060. The summed E-state index contributed by atoms with van der Waals surface area (Å²) in [5.74, 6) is -0.293. The minimum atomic E-state index is -0.802. The summed E-state index contributed by atoms with van der Waals surface area (Å²) in [4.78, 5) is 70.6. The average molecular weight is 785 g/mol. The summed E-state index contributed by atoms with van der Waals surface area (Å²) in [6, 6.07) is 13.0. The highest BCUT2D eigenvalue weighted by molar-refractivity contribution is 5.87. The molecule has 0 bridgehead atoms. The van der Waals surface area contributed by atoms with Crippen molar-refractivity contribution in [1.29, 1.82) is 0 Å². The van der Waals surface area contributed by atoms with Gasteiger partial charge in [0.2, 0.25) is 17.8 Å². The van der Waals surface area contributed by atoms with Crippen molar-refractivity contribution in [3.8, 4) is 33.6 Å². The van der Waals surface area contributed by atoms with E-state index in [2.05, 4.69) is 25.6 Å². The first-order valence-corrected chi connectivity index (χ1v) is 19.6. The van der Waals surface area contributed by atoms with E-state index in [1.807, 2.05) is 101 Å². The number of likely N-dealkylation sites (tertiary alicyclic amines) is 2. The highest BCUT2D eigenvalue weighted by atomic mass is 19.1. The fourth-order valence-corrected chi connectivity index (χ4v) is 7.99. The van der Waals surface area contributed by atoms with Crippen molar-refractivity contribution in [2.45, 2.75) is 103 Å². The van der Waals surface area contributed by atoms with Crippen molar-refractivity contribution >= 4 is 24.0 Å². The van der Waals surface area contributed by atoms with Gasteiger partial charge in [0.1, 0.15) is 29.4 Å². The molecule has 6 atom stereocenters. The molecule has 0 unspecified atom stereocenters. The lowest BCUT2D eigenvalue weighted by atomic mass is 10.0. The molecule has 6 rings (SSSR count). The van der Waals surface area contributed by atoms with Crippen molar-refractivity contribution in [3.63, 3.8) is 0 Å². The van der Waals surface area contributed by atoms with Crippen molar-refractivity contribution in [2.75, 3.05) is 14.2 Å². The van der Waals surface area contributed by atoms with Crippen molar-refractivity contribution in [3.05, 3.63) is 72.3 Å². The number of carbonyl (C=O) groups excluding carboxylic acids is 4. The Labute approximate surface area is 332 Å². The fraction of sp³-hybridized carbons (Fsp3) is 0.476. The molecular formula is C42H53FN8O6. The number of methoxy groups -OCH3 is 2. The maximum Gasteiger partial charge on any atom is 0.407 e. The van der Waals surface area contributed by atoms with E-state index in [4.69, 9.17) is 14.5 Å². The van der Waals surface area contributed by atoms with Crippen LogP contribution >= 0.6 is 0 Å². The van der Waals surface area contributed by atoms with Crippen LogP contribution in [0.2, 0.25) is 0 Å². The number of halogens is 1.